The number of hydrogen-bond donors (Lipinski definition) is 0. The van der Waals surface area contributed by atoms with E-state index in [1.165, 1.54) is 46.5 Å². The van der Waals surface area contributed by atoms with Crippen LogP contribution in [-0.2, 0) is 12.8 Å². The van der Waals surface area contributed by atoms with Crippen LogP contribution in [0, 0.1) is 0 Å². The van der Waals surface area contributed by atoms with Gasteiger partial charge in [0.2, 0.25) is 0 Å². The number of para-hydroxylation sites is 1. The Morgan fingerprint density at radius 1 is 0.704 bits per heavy atom. The van der Waals surface area contributed by atoms with E-state index in [1.807, 2.05) is 0 Å². The molecule has 1 aliphatic carbocycles. The first-order valence-electron chi connectivity index (χ1n) is 10.2. The van der Waals surface area contributed by atoms with Gasteiger partial charge in [0, 0.05) is 16.9 Å². The molecule has 1 heteroatoms. The molecule has 0 N–H and O–H groups in total. The topological polar surface area (TPSA) is 3.24 Å². The van der Waals surface area contributed by atoms with Gasteiger partial charge in [0.25, 0.3) is 0 Å². The molecule has 27 heavy (non-hydrogen) atoms. The Labute approximate surface area is 163 Å². The summed E-state index contributed by atoms with van der Waals surface area (Å²) in [5.41, 5.74) is 8.29. The van der Waals surface area contributed by atoms with Crippen molar-refractivity contribution in [2.45, 2.75) is 52.0 Å². The van der Waals surface area contributed by atoms with Crippen molar-refractivity contribution in [3.63, 3.8) is 0 Å². The van der Waals surface area contributed by atoms with Crippen LogP contribution in [0.25, 0.3) is 11.1 Å². The second-order valence-electron chi connectivity index (χ2n) is 7.91. The van der Waals surface area contributed by atoms with Gasteiger partial charge in [-0.3, -0.25) is 0 Å². The molecule has 0 atom stereocenters. The van der Waals surface area contributed by atoms with E-state index in [0.717, 1.165) is 12.8 Å². The monoisotopic (exact) mass is 355 g/mol. The third kappa shape index (κ3) is 3.27. The zero-order chi connectivity index (χ0) is 18.9. The molecule has 138 valence electrons. The van der Waals surface area contributed by atoms with Gasteiger partial charge in [0.05, 0.1) is 0 Å². The fourth-order valence-electron chi connectivity index (χ4n) is 4.11. The molecule has 0 unspecified atom stereocenters. The number of rotatable bonds is 6. The summed E-state index contributed by atoms with van der Waals surface area (Å²) in [4.78, 5) is 2.53. The molecule has 0 aromatic heterocycles. The number of benzene rings is 3. The molecule has 1 nitrogen and oxygen atoms in total. The summed E-state index contributed by atoms with van der Waals surface area (Å²) in [6, 6.07) is 26.8. The van der Waals surface area contributed by atoms with Crippen LogP contribution in [0.15, 0.2) is 72.8 Å². The summed E-state index contributed by atoms with van der Waals surface area (Å²) < 4.78 is 0. The number of aryl methyl sites for hydroxylation is 2. The van der Waals surface area contributed by atoms with Gasteiger partial charge in [-0.2, -0.15) is 0 Å². The van der Waals surface area contributed by atoms with Gasteiger partial charge in [0.1, 0.15) is 0 Å². The maximum Gasteiger partial charge on any atom is 0.0422 e. The highest BCUT2D eigenvalue weighted by atomic mass is 15.2. The first-order valence-corrected chi connectivity index (χ1v) is 10.2. The van der Waals surface area contributed by atoms with Gasteiger partial charge >= 0.3 is 0 Å². The largest absolute Gasteiger partial charge is 0.336 e. The Balaban J connectivity index is 1.79. The minimum Gasteiger partial charge on any atom is -0.336 e. The lowest BCUT2D eigenvalue weighted by Crippen LogP contribution is -2.42. The fourth-order valence-corrected chi connectivity index (χ4v) is 4.11. The molecule has 3 aromatic carbocycles. The standard InChI is InChI=1S/C26H29N/c1-4-26(3,5-2)27(24-11-7-6-8-12-24)25-13-9-10-21(19-25)23-17-15-20-14-16-22(20)18-23/h6-13,15,17-19H,4-5,14,16H2,1-3H3. The van der Waals surface area contributed by atoms with Crippen molar-refractivity contribution in [3.8, 4) is 11.1 Å². The second-order valence-corrected chi connectivity index (χ2v) is 7.91. The van der Waals surface area contributed by atoms with Gasteiger partial charge < -0.3 is 4.90 Å². The predicted molar refractivity (Wildman–Crippen MR) is 117 cm³/mol. The first kappa shape index (κ1) is 17.9. The fraction of sp³-hybridized carbons (Fsp3) is 0.308. The smallest absolute Gasteiger partial charge is 0.0422 e. The minimum absolute atomic E-state index is 0.0838. The second kappa shape index (κ2) is 7.23. The average Bonchev–Trinajstić information content (AvgIpc) is 2.70. The van der Waals surface area contributed by atoms with Crippen LogP contribution in [0.1, 0.15) is 44.7 Å². The van der Waals surface area contributed by atoms with E-state index in [2.05, 4.69) is 98.5 Å². The van der Waals surface area contributed by atoms with Gasteiger partial charge in [-0.05, 0) is 79.1 Å². The van der Waals surface area contributed by atoms with Gasteiger partial charge in [-0.15, -0.1) is 0 Å². The molecule has 0 spiro atoms. The summed E-state index contributed by atoms with van der Waals surface area (Å²) in [5, 5.41) is 0. The van der Waals surface area contributed by atoms with Crippen LogP contribution in [0.2, 0.25) is 0 Å². The molecule has 0 saturated carbocycles. The lowest BCUT2D eigenvalue weighted by molar-refractivity contribution is 0.428. The van der Waals surface area contributed by atoms with Crippen molar-refractivity contribution in [2.24, 2.45) is 0 Å². The molecule has 1 aliphatic rings. The lowest BCUT2D eigenvalue weighted by atomic mass is 9.86. The number of anilines is 2. The quantitative estimate of drug-likeness (QED) is 0.453. The molecule has 0 heterocycles. The van der Waals surface area contributed by atoms with E-state index >= 15 is 0 Å². The van der Waals surface area contributed by atoms with Gasteiger partial charge in [-0.1, -0.05) is 62.4 Å². The number of fused-ring (bicyclic) bond motifs is 1. The number of hydrogen-bond acceptors (Lipinski definition) is 1. The highest BCUT2D eigenvalue weighted by molar-refractivity contribution is 5.74. The Bertz CT molecular complexity index is 922. The third-order valence-electron chi connectivity index (χ3n) is 6.39. The zero-order valence-corrected chi connectivity index (χ0v) is 16.7. The Morgan fingerprint density at radius 2 is 1.37 bits per heavy atom. The van der Waals surface area contributed by atoms with E-state index in [9.17, 15) is 0 Å². The van der Waals surface area contributed by atoms with Crippen LogP contribution in [0.4, 0.5) is 11.4 Å². The zero-order valence-electron chi connectivity index (χ0n) is 16.7. The molecule has 0 saturated heterocycles. The Hall–Kier alpha value is -2.54. The third-order valence-corrected chi connectivity index (χ3v) is 6.39. The molecule has 3 aromatic rings. The summed E-state index contributed by atoms with van der Waals surface area (Å²) in [7, 11) is 0. The molecule has 0 bridgehead atoms. The summed E-state index contributed by atoms with van der Waals surface area (Å²) >= 11 is 0. The van der Waals surface area contributed by atoms with E-state index in [-0.39, 0.29) is 5.54 Å². The predicted octanol–water partition coefficient (Wildman–Crippen LogP) is 7.17. The molecule has 4 rings (SSSR count). The normalized spacial score (nSPS) is 13.0. The van der Waals surface area contributed by atoms with Crippen LogP contribution in [-0.4, -0.2) is 5.54 Å². The Kier molecular flexibility index (Phi) is 4.78. The van der Waals surface area contributed by atoms with Crippen molar-refractivity contribution in [1.29, 1.82) is 0 Å². The molecule has 0 fully saturated rings. The highest BCUT2D eigenvalue weighted by Gasteiger charge is 2.30. The van der Waals surface area contributed by atoms with Gasteiger partial charge in [0.15, 0.2) is 0 Å². The minimum atomic E-state index is 0.0838. The van der Waals surface area contributed by atoms with E-state index in [0.29, 0.717) is 0 Å². The van der Waals surface area contributed by atoms with Crippen LogP contribution < -0.4 is 4.90 Å². The van der Waals surface area contributed by atoms with E-state index in [4.69, 9.17) is 0 Å². The van der Waals surface area contributed by atoms with Crippen molar-refractivity contribution in [3.05, 3.63) is 83.9 Å². The lowest BCUT2D eigenvalue weighted by Gasteiger charge is -2.42. The van der Waals surface area contributed by atoms with Crippen molar-refractivity contribution < 1.29 is 0 Å². The SMILES string of the molecule is CCC(C)(CC)N(c1ccccc1)c1cccc(-c2ccc3c(c2)CC3)c1. The molecule has 0 radical (unpaired) electrons. The maximum absolute atomic E-state index is 2.53. The molecular weight excluding hydrogens is 326 g/mol. The summed E-state index contributed by atoms with van der Waals surface area (Å²) in [6.07, 6.45) is 4.66. The summed E-state index contributed by atoms with van der Waals surface area (Å²) in [6.45, 7) is 6.96. The maximum atomic E-state index is 2.53. The van der Waals surface area contributed by atoms with Crippen molar-refractivity contribution in [2.75, 3.05) is 4.90 Å². The highest BCUT2D eigenvalue weighted by Crippen LogP contribution is 2.39. The van der Waals surface area contributed by atoms with Crippen LogP contribution >= 0.6 is 0 Å². The average molecular weight is 356 g/mol. The van der Waals surface area contributed by atoms with E-state index < -0.39 is 0 Å². The van der Waals surface area contributed by atoms with Crippen LogP contribution in [0.3, 0.4) is 0 Å². The van der Waals surface area contributed by atoms with Crippen LogP contribution in [0.5, 0.6) is 0 Å². The molecule has 0 amide bonds. The van der Waals surface area contributed by atoms with Gasteiger partial charge in [-0.25, -0.2) is 0 Å². The number of nitrogens with zero attached hydrogens (tertiary/aromatic N) is 1. The summed E-state index contributed by atoms with van der Waals surface area (Å²) in [5.74, 6) is 0. The molecular formula is C26H29N. The molecule has 0 aliphatic heterocycles. The Morgan fingerprint density at radius 3 is 2.00 bits per heavy atom. The van der Waals surface area contributed by atoms with Crippen molar-refractivity contribution in [1.82, 2.24) is 0 Å². The first-order chi connectivity index (χ1) is 13.1. The van der Waals surface area contributed by atoms with Crippen molar-refractivity contribution >= 4 is 11.4 Å². The van der Waals surface area contributed by atoms with E-state index in [1.54, 1.807) is 0 Å².